The van der Waals surface area contributed by atoms with Crippen LogP contribution in [0.2, 0.25) is 5.02 Å². The maximum atomic E-state index is 11.8. The lowest BCUT2D eigenvalue weighted by Gasteiger charge is -2.05. The second-order valence-electron chi connectivity index (χ2n) is 4.06. The van der Waals surface area contributed by atoms with Gasteiger partial charge >= 0.3 is 0 Å². The van der Waals surface area contributed by atoms with Gasteiger partial charge in [0.25, 0.3) is 5.91 Å². The number of aromatic hydroxyl groups is 1. The summed E-state index contributed by atoms with van der Waals surface area (Å²) in [7, 11) is 0. The zero-order valence-corrected chi connectivity index (χ0v) is 10.9. The van der Waals surface area contributed by atoms with Crippen molar-refractivity contribution in [1.82, 2.24) is 15.3 Å². The van der Waals surface area contributed by atoms with Crippen molar-refractivity contribution in [3.8, 4) is 5.75 Å². The van der Waals surface area contributed by atoms with Gasteiger partial charge in [-0.2, -0.15) is 0 Å². The fourth-order valence-corrected chi connectivity index (χ4v) is 1.82. The van der Waals surface area contributed by atoms with Gasteiger partial charge < -0.3 is 15.4 Å². The monoisotopic (exact) mass is 279 g/mol. The standard InChI is InChI=1S/C13H14ClN3O2/c14-10-8-9(3-4-11(10)18)13(19)17-5-1-2-12-15-6-7-16-12/h3-4,6-8,18H,1-2,5H2,(H,15,16)(H,17,19). The number of nitrogens with one attached hydrogen (secondary N) is 2. The molecule has 6 heteroatoms. The van der Waals surface area contributed by atoms with E-state index < -0.39 is 0 Å². The highest BCUT2D eigenvalue weighted by molar-refractivity contribution is 6.32. The number of carbonyl (C=O) groups is 1. The van der Waals surface area contributed by atoms with E-state index in [9.17, 15) is 9.90 Å². The molecule has 5 nitrogen and oxygen atoms in total. The summed E-state index contributed by atoms with van der Waals surface area (Å²) in [5, 5.41) is 12.2. The maximum absolute atomic E-state index is 11.8. The van der Waals surface area contributed by atoms with Crippen LogP contribution >= 0.6 is 11.6 Å². The van der Waals surface area contributed by atoms with Crippen LogP contribution in [0.3, 0.4) is 0 Å². The molecule has 0 atom stereocenters. The molecule has 3 N–H and O–H groups in total. The van der Waals surface area contributed by atoms with Crippen molar-refractivity contribution in [2.45, 2.75) is 12.8 Å². The van der Waals surface area contributed by atoms with Gasteiger partial charge in [-0.25, -0.2) is 4.98 Å². The molecule has 0 spiro atoms. The van der Waals surface area contributed by atoms with Gasteiger partial charge in [0.2, 0.25) is 0 Å². The molecule has 1 amide bonds. The summed E-state index contributed by atoms with van der Waals surface area (Å²) < 4.78 is 0. The molecule has 0 unspecified atom stereocenters. The van der Waals surface area contributed by atoms with Gasteiger partial charge in [-0.15, -0.1) is 0 Å². The molecule has 0 radical (unpaired) electrons. The number of benzene rings is 1. The highest BCUT2D eigenvalue weighted by Crippen LogP contribution is 2.23. The molecule has 100 valence electrons. The zero-order chi connectivity index (χ0) is 13.7. The third kappa shape index (κ3) is 3.72. The predicted octanol–water partition coefficient (Wildman–Crippen LogP) is 2.13. The summed E-state index contributed by atoms with van der Waals surface area (Å²) in [6, 6.07) is 4.38. The number of rotatable bonds is 5. The number of halogens is 1. The molecule has 19 heavy (non-hydrogen) atoms. The van der Waals surface area contributed by atoms with E-state index in [0.29, 0.717) is 12.1 Å². The smallest absolute Gasteiger partial charge is 0.251 e. The third-order valence-electron chi connectivity index (χ3n) is 2.64. The number of phenolic OH excluding ortho intramolecular Hbond substituents is 1. The van der Waals surface area contributed by atoms with Crippen LogP contribution in [0.1, 0.15) is 22.6 Å². The van der Waals surface area contributed by atoms with Crippen molar-refractivity contribution in [1.29, 1.82) is 0 Å². The van der Waals surface area contributed by atoms with Gasteiger partial charge in [0, 0.05) is 30.9 Å². The lowest BCUT2D eigenvalue weighted by atomic mass is 10.2. The zero-order valence-electron chi connectivity index (χ0n) is 10.2. The first-order chi connectivity index (χ1) is 9.16. The Morgan fingerprint density at radius 1 is 1.47 bits per heavy atom. The summed E-state index contributed by atoms with van der Waals surface area (Å²) in [4.78, 5) is 18.9. The summed E-state index contributed by atoms with van der Waals surface area (Å²) in [5.74, 6) is 0.666. The van der Waals surface area contributed by atoms with Gasteiger partial charge in [-0.3, -0.25) is 4.79 Å². The van der Waals surface area contributed by atoms with E-state index in [-0.39, 0.29) is 16.7 Å². The summed E-state index contributed by atoms with van der Waals surface area (Å²) in [6.07, 6.45) is 5.05. The number of aromatic amines is 1. The molecule has 2 aromatic rings. The molecule has 0 aliphatic rings. The van der Waals surface area contributed by atoms with Crippen LogP contribution < -0.4 is 5.32 Å². The van der Waals surface area contributed by atoms with Gasteiger partial charge in [-0.05, 0) is 24.6 Å². The number of hydrogen-bond acceptors (Lipinski definition) is 3. The van der Waals surface area contributed by atoms with E-state index >= 15 is 0 Å². The number of imidazole rings is 1. The molecule has 1 heterocycles. The molecule has 0 aliphatic carbocycles. The summed E-state index contributed by atoms with van der Waals surface area (Å²) in [5.41, 5.74) is 0.431. The highest BCUT2D eigenvalue weighted by Gasteiger charge is 2.07. The number of hydrogen-bond donors (Lipinski definition) is 3. The number of amides is 1. The molecular formula is C13H14ClN3O2. The SMILES string of the molecule is O=C(NCCCc1ncc[nH]1)c1ccc(O)c(Cl)c1. The quantitative estimate of drug-likeness (QED) is 0.734. The topological polar surface area (TPSA) is 78.0 Å². The van der Waals surface area contributed by atoms with Gasteiger partial charge in [0.15, 0.2) is 0 Å². The molecule has 0 saturated heterocycles. The van der Waals surface area contributed by atoms with Crippen LogP contribution in [-0.2, 0) is 6.42 Å². The average Bonchev–Trinajstić information content (AvgIpc) is 2.91. The Morgan fingerprint density at radius 2 is 2.32 bits per heavy atom. The summed E-state index contributed by atoms with van der Waals surface area (Å²) in [6.45, 7) is 0.554. The Kier molecular flexibility index (Phi) is 4.41. The Labute approximate surface area is 115 Å². The van der Waals surface area contributed by atoms with Crippen LogP contribution in [0.4, 0.5) is 0 Å². The molecule has 1 aromatic heterocycles. The van der Waals surface area contributed by atoms with Crippen LogP contribution in [-0.4, -0.2) is 27.5 Å². The van der Waals surface area contributed by atoms with E-state index in [4.69, 9.17) is 11.6 Å². The first-order valence-electron chi connectivity index (χ1n) is 5.92. The lowest BCUT2D eigenvalue weighted by molar-refractivity contribution is 0.0953. The fourth-order valence-electron chi connectivity index (χ4n) is 1.64. The number of carbonyl (C=O) groups excluding carboxylic acids is 1. The first kappa shape index (κ1) is 13.4. The predicted molar refractivity (Wildman–Crippen MR) is 72.4 cm³/mol. The van der Waals surface area contributed by atoms with Crippen molar-refractivity contribution in [2.75, 3.05) is 6.54 Å². The van der Waals surface area contributed by atoms with Crippen molar-refractivity contribution >= 4 is 17.5 Å². The van der Waals surface area contributed by atoms with Crippen LogP contribution in [0.25, 0.3) is 0 Å². The Bertz CT molecular complexity index is 555. The summed E-state index contributed by atoms with van der Waals surface area (Å²) >= 11 is 5.74. The highest BCUT2D eigenvalue weighted by atomic mass is 35.5. The van der Waals surface area contributed by atoms with Crippen molar-refractivity contribution in [3.05, 3.63) is 47.0 Å². The van der Waals surface area contributed by atoms with Gasteiger partial charge in [0.05, 0.1) is 5.02 Å². The Hall–Kier alpha value is -2.01. The normalized spacial score (nSPS) is 10.4. The van der Waals surface area contributed by atoms with E-state index in [1.807, 2.05) is 0 Å². The molecule has 0 aliphatic heterocycles. The second-order valence-corrected chi connectivity index (χ2v) is 4.47. The minimum atomic E-state index is -0.207. The molecule has 2 rings (SSSR count). The fraction of sp³-hybridized carbons (Fsp3) is 0.231. The van der Waals surface area contributed by atoms with Gasteiger partial charge in [-0.1, -0.05) is 11.6 Å². The minimum Gasteiger partial charge on any atom is -0.506 e. The first-order valence-corrected chi connectivity index (χ1v) is 6.29. The molecule has 0 fully saturated rings. The van der Waals surface area contributed by atoms with Crippen molar-refractivity contribution < 1.29 is 9.90 Å². The largest absolute Gasteiger partial charge is 0.506 e. The van der Waals surface area contributed by atoms with Crippen molar-refractivity contribution in [2.24, 2.45) is 0 Å². The van der Waals surface area contributed by atoms with E-state index in [0.717, 1.165) is 18.7 Å². The molecule has 1 aromatic carbocycles. The second kappa shape index (κ2) is 6.24. The van der Waals surface area contributed by atoms with E-state index in [1.54, 1.807) is 12.4 Å². The number of nitrogens with zero attached hydrogens (tertiary/aromatic N) is 1. The van der Waals surface area contributed by atoms with Crippen molar-refractivity contribution in [3.63, 3.8) is 0 Å². The van der Waals surface area contributed by atoms with E-state index in [1.165, 1.54) is 18.2 Å². The maximum Gasteiger partial charge on any atom is 0.251 e. The van der Waals surface area contributed by atoms with E-state index in [2.05, 4.69) is 15.3 Å². The Morgan fingerprint density at radius 3 is 3.00 bits per heavy atom. The minimum absolute atomic E-state index is 0.0314. The number of H-pyrrole nitrogens is 1. The number of aromatic nitrogens is 2. The molecule has 0 bridgehead atoms. The average molecular weight is 280 g/mol. The number of aryl methyl sites for hydroxylation is 1. The molecular weight excluding hydrogens is 266 g/mol. The molecule has 0 saturated carbocycles. The lowest BCUT2D eigenvalue weighted by Crippen LogP contribution is -2.24. The van der Waals surface area contributed by atoms with Crippen LogP contribution in [0, 0.1) is 0 Å². The van der Waals surface area contributed by atoms with Gasteiger partial charge in [0.1, 0.15) is 11.6 Å². The van der Waals surface area contributed by atoms with Crippen LogP contribution in [0.15, 0.2) is 30.6 Å². The Balaban J connectivity index is 1.79. The third-order valence-corrected chi connectivity index (χ3v) is 2.94. The number of phenols is 1. The van der Waals surface area contributed by atoms with Crippen LogP contribution in [0.5, 0.6) is 5.75 Å².